The summed E-state index contributed by atoms with van der Waals surface area (Å²) in [5.74, 6) is 0.0428. The van der Waals surface area contributed by atoms with Crippen LogP contribution in [-0.2, 0) is 16.0 Å². The van der Waals surface area contributed by atoms with Crippen LogP contribution in [-0.4, -0.2) is 44.2 Å². The average Bonchev–Trinajstić information content (AvgIpc) is 2.43. The summed E-state index contributed by atoms with van der Waals surface area (Å²) in [6.45, 7) is 2.36. The van der Waals surface area contributed by atoms with Crippen LogP contribution in [0.2, 0.25) is 5.02 Å². The number of aliphatic hydroxyl groups excluding tert-OH is 1. The van der Waals surface area contributed by atoms with Crippen molar-refractivity contribution in [2.24, 2.45) is 5.92 Å². The number of hydrogen-bond donors (Lipinski definition) is 2. The van der Waals surface area contributed by atoms with E-state index in [1.807, 2.05) is 24.3 Å². The van der Waals surface area contributed by atoms with E-state index in [1.54, 1.807) is 7.11 Å². The van der Waals surface area contributed by atoms with Crippen LogP contribution < -0.4 is 5.32 Å². The first-order valence-electron chi connectivity index (χ1n) is 6.45. The Morgan fingerprint density at radius 3 is 2.95 bits per heavy atom. The van der Waals surface area contributed by atoms with Gasteiger partial charge in [0.15, 0.2) is 0 Å². The van der Waals surface area contributed by atoms with E-state index in [-0.39, 0.29) is 12.0 Å². The predicted molar refractivity (Wildman–Crippen MR) is 74.3 cm³/mol. The molecular formula is C14H20ClNO3. The molecule has 0 saturated carbocycles. The van der Waals surface area contributed by atoms with Crippen molar-refractivity contribution < 1.29 is 14.6 Å². The molecule has 0 radical (unpaired) electrons. The lowest BCUT2D eigenvalue weighted by atomic mass is 9.96. The van der Waals surface area contributed by atoms with Gasteiger partial charge in [-0.3, -0.25) is 0 Å². The standard InChI is InChI=1S/C14H20ClNO3/c1-18-13-9-19-8-11(14(13)17)7-16-6-10-4-2-3-5-12(10)15/h2-5,11,13-14,16-17H,6-9H2,1H3/t11-,13-,14+/m1/s1. The van der Waals surface area contributed by atoms with Crippen LogP contribution in [0.4, 0.5) is 0 Å². The van der Waals surface area contributed by atoms with Gasteiger partial charge in [-0.15, -0.1) is 0 Å². The molecule has 0 aromatic heterocycles. The third-order valence-corrected chi connectivity index (χ3v) is 3.83. The van der Waals surface area contributed by atoms with Crippen molar-refractivity contribution >= 4 is 11.6 Å². The Morgan fingerprint density at radius 1 is 1.42 bits per heavy atom. The highest BCUT2D eigenvalue weighted by Crippen LogP contribution is 2.18. The van der Waals surface area contributed by atoms with E-state index in [9.17, 15) is 5.11 Å². The zero-order valence-corrected chi connectivity index (χ0v) is 11.8. The SMILES string of the molecule is CO[C@@H]1COC[C@@H](CNCc2ccccc2Cl)[C@@H]1O. The number of methoxy groups -OCH3 is 1. The fraction of sp³-hybridized carbons (Fsp3) is 0.571. The normalized spacial score (nSPS) is 27.4. The third kappa shape index (κ3) is 3.91. The van der Waals surface area contributed by atoms with Gasteiger partial charge in [0.2, 0.25) is 0 Å². The number of aliphatic hydroxyl groups is 1. The van der Waals surface area contributed by atoms with E-state index in [2.05, 4.69) is 5.32 Å². The van der Waals surface area contributed by atoms with E-state index < -0.39 is 6.10 Å². The highest BCUT2D eigenvalue weighted by atomic mass is 35.5. The zero-order chi connectivity index (χ0) is 13.7. The number of rotatable bonds is 5. The Hall–Kier alpha value is -0.650. The minimum absolute atomic E-state index is 0.0428. The van der Waals surface area contributed by atoms with Gasteiger partial charge in [0.1, 0.15) is 6.10 Å². The first kappa shape index (κ1) is 14.8. The highest BCUT2D eigenvalue weighted by Gasteiger charge is 2.32. The van der Waals surface area contributed by atoms with Crippen LogP contribution in [0.3, 0.4) is 0 Å². The molecule has 19 heavy (non-hydrogen) atoms. The van der Waals surface area contributed by atoms with E-state index in [4.69, 9.17) is 21.1 Å². The Labute approximate surface area is 118 Å². The molecule has 4 nitrogen and oxygen atoms in total. The minimum atomic E-state index is -0.488. The van der Waals surface area contributed by atoms with Gasteiger partial charge < -0.3 is 19.9 Å². The zero-order valence-electron chi connectivity index (χ0n) is 11.0. The molecule has 5 heteroatoms. The van der Waals surface area contributed by atoms with E-state index >= 15 is 0 Å². The Bertz CT molecular complexity index is 402. The lowest BCUT2D eigenvalue weighted by molar-refractivity contribution is -0.133. The fourth-order valence-electron chi connectivity index (χ4n) is 2.26. The maximum atomic E-state index is 10.1. The highest BCUT2D eigenvalue weighted by molar-refractivity contribution is 6.31. The number of halogens is 1. The van der Waals surface area contributed by atoms with Gasteiger partial charge in [-0.05, 0) is 11.6 Å². The maximum Gasteiger partial charge on any atom is 0.107 e. The third-order valence-electron chi connectivity index (χ3n) is 3.46. The van der Waals surface area contributed by atoms with Gasteiger partial charge in [-0.2, -0.15) is 0 Å². The second-order valence-electron chi connectivity index (χ2n) is 4.78. The number of ether oxygens (including phenoxy) is 2. The Balaban J connectivity index is 1.81. The average molecular weight is 286 g/mol. The van der Waals surface area contributed by atoms with Gasteiger partial charge in [0, 0.05) is 31.1 Å². The van der Waals surface area contributed by atoms with E-state index in [1.165, 1.54) is 0 Å². The first-order valence-corrected chi connectivity index (χ1v) is 6.83. The molecule has 0 aliphatic carbocycles. The van der Waals surface area contributed by atoms with Crippen molar-refractivity contribution in [3.05, 3.63) is 34.9 Å². The monoisotopic (exact) mass is 285 g/mol. The summed E-state index contributed by atoms with van der Waals surface area (Å²) in [5.41, 5.74) is 1.05. The second-order valence-corrected chi connectivity index (χ2v) is 5.19. The molecule has 0 amide bonds. The topological polar surface area (TPSA) is 50.7 Å². The lowest BCUT2D eigenvalue weighted by Gasteiger charge is -2.33. The van der Waals surface area contributed by atoms with Crippen molar-refractivity contribution in [2.75, 3.05) is 26.9 Å². The summed E-state index contributed by atoms with van der Waals surface area (Å²) >= 11 is 6.09. The van der Waals surface area contributed by atoms with Crippen LogP contribution in [0, 0.1) is 5.92 Å². The lowest BCUT2D eigenvalue weighted by Crippen LogP contribution is -2.48. The quantitative estimate of drug-likeness (QED) is 0.860. The molecule has 2 N–H and O–H groups in total. The van der Waals surface area contributed by atoms with E-state index in [0.29, 0.717) is 26.3 Å². The summed E-state index contributed by atoms with van der Waals surface area (Å²) in [5, 5.41) is 14.2. The second kappa shape index (κ2) is 7.22. The van der Waals surface area contributed by atoms with Crippen molar-refractivity contribution in [3.8, 4) is 0 Å². The molecule has 0 bridgehead atoms. The molecule has 1 heterocycles. The maximum absolute atomic E-state index is 10.1. The van der Waals surface area contributed by atoms with Gasteiger partial charge in [0.25, 0.3) is 0 Å². The molecule has 2 rings (SSSR count). The van der Waals surface area contributed by atoms with Crippen molar-refractivity contribution in [2.45, 2.75) is 18.8 Å². The molecule has 3 atom stereocenters. The van der Waals surface area contributed by atoms with Crippen molar-refractivity contribution in [3.63, 3.8) is 0 Å². The van der Waals surface area contributed by atoms with Crippen LogP contribution in [0.1, 0.15) is 5.56 Å². The molecule has 1 aromatic carbocycles. The van der Waals surface area contributed by atoms with Crippen LogP contribution in [0.5, 0.6) is 0 Å². The summed E-state index contributed by atoms with van der Waals surface area (Å²) in [4.78, 5) is 0. The Kier molecular flexibility index (Phi) is 5.60. The smallest absolute Gasteiger partial charge is 0.107 e. The van der Waals surface area contributed by atoms with Gasteiger partial charge in [0.05, 0.1) is 19.3 Å². The van der Waals surface area contributed by atoms with Gasteiger partial charge in [-0.1, -0.05) is 29.8 Å². The molecule has 0 unspecified atom stereocenters. The number of nitrogens with one attached hydrogen (secondary N) is 1. The fourth-order valence-corrected chi connectivity index (χ4v) is 2.46. The summed E-state index contributed by atoms with van der Waals surface area (Å²) in [7, 11) is 1.59. The number of hydrogen-bond acceptors (Lipinski definition) is 4. The van der Waals surface area contributed by atoms with Crippen LogP contribution in [0.15, 0.2) is 24.3 Å². The van der Waals surface area contributed by atoms with Crippen LogP contribution >= 0.6 is 11.6 Å². The molecule has 1 aromatic rings. The minimum Gasteiger partial charge on any atom is -0.390 e. The van der Waals surface area contributed by atoms with Crippen LogP contribution in [0.25, 0.3) is 0 Å². The molecule has 106 valence electrons. The van der Waals surface area contributed by atoms with E-state index in [0.717, 1.165) is 10.6 Å². The van der Waals surface area contributed by atoms with Gasteiger partial charge in [-0.25, -0.2) is 0 Å². The van der Waals surface area contributed by atoms with Crippen molar-refractivity contribution in [1.29, 1.82) is 0 Å². The summed E-state index contributed by atoms with van der Waals surface area (Å²) < 4.78 is 10.6. The predicted octanol–water partition coefficient (Wildman–Crippen LogP) is 1.45. The molecule has 1 saturated heterocycles. The molecule has 1 aliphatic heterocycles. The Morgan fingerprint density at radius 2 is 2.21 bits per heavy atom. The molecule has 1 aliphatic rings. The largest absolute Gasteiger partial charge is 0.390 e. The van der Waals surface area contributed by atoms with Crippen molar-refractivity contribution in [1.82, 2.24) is 5.32 Å². The molecule has 0 spiro atoms. The molecular weight excluding hydrogens is 266 g/mol. The summed E-state index contributed by atoms with van der Waals surface area (Å²) in [6, 6.07) is 7.73. The first-order chi connectivity index (χ1) is 9.22. The number of benzene rings is 1. The summed E-state index contributed by atoms with van der Waals surface area (Å²) in [6.07, 6.45) is -0.724. The van der Waals surface area contributed by atoms with Gasteiger partial charge >= 0.3 is 0 Å². The molecule has 1 fully saturated rings.